The van der Waals surface area contributed by atoms with Crippen LogP contribution in [0.4, 0.5) is 5.69 Å². The van der Waals surface area contributed by atoms with E-state index in [1.54, 1.807) is 7.11 Å². The van der Waals surface area contributed by atoms with E-state index in [-0.39, 0.29) is 36.9 Å². The van der Waals surface area contributed by atoms with Gasteiger partial charge >= 0.3 is 0 Å². The van der Waals surface area contributed by atoms with Gasteiger partial charge in [0.1, 0.15) is 30.9 Å². The zero-order valence-corrected chi connectivity index (χ0v) is 21.7. The molecule has 4 fully saturated rings. The van der Waals surface area contributed by atoms with Gasteiger partial charge in [-0.2, -0.15) is 0 Å². The first-order valence-corrected chi connectivity index (χ1v) is 13.0. The highest BCUT2D eigenvalue weighted by Gasteiger charge is 2.54. The van der Waals surface area contributed by atoms with E-state index in [4.69, 9.17) is 9.47 Å². The van der Waals surface area contributed by atoms with Crippen molar-refractivity contribution >= 4 is 23.3 Å². The van der Waals surface area contributed by atoms with Gasteiger partial charge in [0, 0.05) is 50.6 Å². The number of nitrogens with zero attached hydrogens (tertiary/aromatic N) is 3. The molecular formula is C27H38N4O5. The highest BCUT2D eigenvalue weighted by Crippen LogP contribution is 2.32. The van der Waals surface area contributed by atoms with Crippen LogP contribution in [0.5, 0.6) is 0 Å². The van der Waals surface area contributed by atoms with E-state index in [0.29, 0.717) is 5.56 Å². The molecule has 2 amide bonds. The van der Waals surface area contributed by atoms with E-state index in [9.17, 15) is 14.4 Å². The molecule has 0 bridgehead atoms. The quantitative estimate of drug-likeness (QED) is 0.632. The Bertz CT molecular complexity index is 994. The molecule has 0 spiro atoms. The number of hydrogen-bond acceptors (Lipinski definition) is 7. The number of benzene rings is 1. The Morgan fingerprint density at radius 2 is 1.75 bits per heavy atom. The van der Waals surface area contributed by atoms with Crippen molar-refractivity contribution in [1.82, 2.24) is 15.1 Å². The van der Waals surface area contributed by atoms with Gasteiger partial charge in [-0.3, -0.25) is 19.3 Å². The second kappa shape index (κ2) is 9.76. The fourth-order valence-electron chi connectivity index (χ4n) is 5.68. The third kappa shape index (κ3) is 4.88. The Kier molecular flexibility index (Phi) is 6.82. The number of Topliss-reactive ketones (excluding diaryl/α,β-unsaturated/α-hetero) is 1. The van der Waals surface area contributed by atoms with E-state index >= 15 is 0 Å². The number of ketones is 1. The van der Waals surface area contributed by atoms with Crippen molar-refractivity contribution in [3.8, 4) is 0 Å². The topological polar surface area (TPSA) is 91.4 Å². The lowest BCUT2D eigenvalue weighted by atomic mass is 9.85. The molecule has 4 atom stereocenters. The second-order valence-electron chi connectivity index (χ2n) is 11.5. The molecule has 1 aliphatic carbocycles. The summed E-state index contributed by atoms with van der Waals surface area (Å²) in [4.78, 5) is 45.9. The molecule has 0 aromatic heterocycles. The maximum Gasteiger partial charge on any atom is 0.251 e. The normalized spacial score (nSPS) is 27.8. The summed E-state index contributed by atoms with van der Waals surface area (Å²) >= 11 is 0. The molecule has 3 aliphatic heterocycles. The number of fused-ring (bicyclic) bond motifs is 1. The van der Waals surface area contributed by atoms with Crippen LogP contribution in [0.3, 0.4) is 0 Å². The number of amides is 2. The third-order valence-electron chi connectivity index (χ3n) is 7.98. The first-order valence-electron chi connectivity index (χ1n) is 13.0. The Balaban J connectivity index is 1.25. The number of ether oxygens (including phenoxy) is 2. The number of nitrogens with one attached hydrogen (secondary N) is 1. The van der Waals surface area contributed by atoms with Crippen LogP contribution in [0.2, 0.25) is 0 Å². The molecule has 3 saturated heterocycles. The average molecular weight is 499 g/mol. The highest BCUT2D eigenvalue weighted by molar-refractivity contribution is 5.99. The van der Waals surface area contributed by atoms with Crippen LogP contribution in [-0.4, -0.2) is 104 Å². The zero-order valence-electron chi connectivity index (χ0n) is 21.7. The lowest BCUT2D eigenvalue weighted by molar-refractivity contribution is -0.140. The van der Waals surface area contributed by atoms with Crippen LogP contribution in [0.25, 0.3) is 0 Å². The van der Waals surface area contributed by atoms with Crippen molar-refractivity contribution in [2.45, 2.75) is 63.9 Å². The number of carbonyl (C=O) groups excluding carboxylic acids is 3. The number of rotatable bonds is 6. The van der Waals surface area contributed by atoms with E-state index < -0.39 is 23.6 Å². The van der Waals surface area contributed by atoms with Crippen LogP contribution < -0.4 is 10.2 Å². The summed E-state index contributed by atoms with van der Waals surface area (Å²) in [6.07, 6.45) is 1.84. The van der Waals surface area contributed by atoms with Crippen molar-refractivity contribution in [1.29, 1.82) is 0 Å². The number of methoxy groups -OCH3 is 1. The molecule has 4 aliphatic rings. The fourth-order valence-corrected chi connectivity index (χ4v) is 5.68. The highest BCUT2D eigenvalue weighted by atomic mass is 16.5. The van der Waals surface area contributed by atoms with E-state index in [1.807, 2.05) is 45.0 Å². The van der Waals surface area contributed by atoms with Gasteiger partial charge < -0.3 is 24.6 Å². The Hall–Kier alpha value is -2.49. The van der Waals surface area contributed by atoms with Crippen molar-refractivity contribution in [2.24, 2.45) is 5.41 Å². The summed E-state index contributed by atoms with van der Waals surface area (Å²) in [5.74, 6) is -0.712. The smallest absolute Gasteiger partial charge is 0.251 e. The number of hydrogen-bond donors (Lipinski definition) is 1. The van der Waals surface area contributed by atoms with Gasteiger partial charge in [0.2, 0.25) is 5.91 Å². The molecular weight excluding hydrogens is 460 g/mol. The average Bonchev–Trinajstić information content (AvgIpc) is 3.55. The second-order valence-corrected chi connectivity index (χ2v) is 11.5. The number of likely N-dealkylation sites (tertiary alicyclic amines) is 1. The van der Waals surface area contributed by atoms with Crippen molar-refractivity contribution < 1.29 is 23.9 Å². The van der Waals surface area contributed by atoms with Crippen LogP contribution in [0.1, 0.15) is 44.0 Å². The Labute approximate surface area is 213 Å². The molecule has 1 aromatic carbocycles. The number of carbonyl (C=O) groups is 3. The third-order valence-corrected chi connectivity index (χ3v) is 7.98. The Morgan fingerprint density at radius 1 is 1.08 bits per heavy atom. The van der Waals surface area contributed by atoms with Crippen LogP contribution in [0, 0.1) is 5.41 Å². The summed E-state index contributed by atoms with van der Waals surface area (Å²) in [7, 11) is 1.56. The zero-order chi connectivity index (χ0) is 25.6. The molecule has 9 heteroatoms. The summed E-state index contributed by atoms with van der Waals surface area (Å²) < 4.78 is 11.1. The maximum atomic E-state index is 13.7. The molecule has 0 radical (unpaired) electrons. The molecule has 1 aromatic rings. The molecule has 3 heterocycles. The maximum absolute atomic E-state index is 13.7. The standard InChI is InChI=1S/C27H38N4O5/c1-27(2,3)24(26(34)31-15-21(35-4)23-22(31)20(32)16-36-23)28-25(33)17-5-7-18(8-6-17)29-11-13-30(14-12-29)19-9-10-19/h5-8,19,21-24H,9-16H2,1-4H3,(H,28,33)/t21-,22-,23-,24?/m1/s1. The lowest BCUT2D eigenvalue weighted by Crippen LogP contribution is -2.57. The van der Waals surface area contributed by atoms with E-state index in [2.05, 4.69) is 15.1 Å². The largest absolute Gasteiger partial charge is 0.377 e. The molecule has 1 unspecified atom stereocenters. The molecule has 9 nitrogen and oxygen atoms in total. The minimum Gasteiger partial charge on any atom is -0.377 e. The molecule has 1 saturated carbocycles. The molecule has 36 heavy (non-hydrogen) atoms. The minimum absolute atomic E-state index is 0.0203. The van der Waals surface area contributed by atoms with Gasteiger partial charge in [-0.25, -0.2) is 0 Å². The van der Waals surface area contributed by atoms with Gasteiger partial charge in [0.05, 0.1) is 6.54 Å². The van der Waals surface area contributed by atoms with Gasteiger partial charge in [-0.1, -0.05) is 20.8 Å². The molecule has 5 rings (SSSR count). The van der Waals surface area contributed by atoms with Crippen molar-refractivity contribution in [3.05, 3.63) is 29.8 Å². The van der Waals surface area contributed by atoms with E-state index in [1.165, 1.54) is 17.7 Å². The molecule has 1 N–H and O–H groups in total. The number of piperazine rings is 1. The minimum atomic E-state index is -0.801. The van der Waals surface area contributed by atoms with Crippen molar-refractivity contribution in [2.75, 3.05) is 51.3 Å². The Morgan fingerprint density at radius 3 is 2.33 bits per heavy atom. The van der Waals surface area contributed by atoms with Crippen LogP contribution in [-0.2, 0) is 19.1 Å². The van der Waals surface area contributed by atoms with Gasteiger partial charge in [-0.15, -0.1) is 0 Å². The first kappa shape index (κ1) is 25.2. The predicted octanol–water partition coefficient (Wildman–Crippen LogP) is 1.31. The summed E-state index contributed by atoms with van der Waals surface area (Å²) in [6.45, 7) is 10.1. The van der Waals surface area contributed by atoms with E-state index in [0.717, 1.165) is 37.9 Å². The predicted molar refractivity (Wildman–Crippen MR) is 135 cm³/mol. The van der Waals surface area contributed by atoms with Crippen molar-refractivity contribution in [3.63, 3.8) is 0 Å². The van der Waals surface area contributed by atoms with Gasteiger partial charge in [0.15, 0.2) is 5.78 Å². The van der Waals surface area contributed by atoms with Crippen LogP contribution >= 0.6 is 0 Å². The first-order chi connectivity index (χ1) is 17.2. The monoisotopic (exact) mass is 498 g/mol. The van der Waals surface area contributed by atoms with Gasteiger partial charge in [0.25, 0.3) is 5.91 Å². The van der Waals surface area contributed by atoms with Crippen LogP contribution in [0.15, 0.2) is 24.3 Å². The summed E-state index contributed by atoms with van der Waals surface area (Å²) in [5, 5.41) is 2.96. The number of anilines is 1. The summed E-state index contributed by atoms with van der Waals surface area (Å²) in [6, 6.07) is 6.94. The molecule has 196 valence electrons. The van der Waals surface area contributed by atoms with Gasteiger partial charge in [-0.05, 0) is 42.5 Å². The lowest BCUT2D eigenvalue weighted by Gasteiger charge is -2.36. The SMILES string of the molecule is CO[C@@H]1CN(C(=O)C(NC(=O)c2ccc(N3CCN(C4CC4)CC3)cc2)C(C)(C)C)[C@@H]2C(=O)CO[C@@H]21. The fraction of sp³-hybridized carbons (Fsp3) is 0.667. The summed E-state index contributed by atoms with van der Waals surface area (Å²) in [5.41, 5.74) is 1.06.